The van der Waals surface area contributed by atoms with Gasteiger partial charge in [0.1, 0.15) is 11.0 Å². The first kappa shape index (κ1) is 16.7. The Morgan fingerprint density at radius 3 is 2.58 bits per heavy atom. The Hall–Kier alpha value is -2.19. The minimum atomic E-state index is -3.50. The van der Waals surface area contributed by atoms with Crippen LogP contribution in [0.15, 0.2) is 41.4 Å². The number of nitrogens with zero attached hydrogens (tertiary/aromatic N) is 4. The molecule has 1 aromatic carbocycles. The fourth-order valence-corrected chi connectivity index (χ4v) is 3.75. The highest BCUT2D eigenvalue weighted by Crippen LogP contribution is 2.21. The first-order valence-electron chi connectivity index (χ1n) is 7.85. The van der Waals surface area contributed by atoms with Gasteiger partial charge in [0, 0.05) is 12.6 Å². The van der Waals surface area contributed by atoms with Gasteiger partial charge in [0.15, 0.2) is 0 Å². The third-order valence-electron chi connectivity index (χ3n) is 3.83. The number of fused-ring (bicyclic) bond motifs is 1. The zero-order chi connectivity index (χ0) is 17.3. The molecule has 3 aromatic rings. The van der Waals surface area contributed by atoms with Crippen LogP contribution in [0.5, 0.6) is 0 Å². The highest BCUT2D eigenvalue weighted by atomic mass is 32.2. The zero-order valence-corrected chi connectivity index (χ0v) is 14.8. The van der Waals surface area contributed by atoms with Crippen LogP contribution >= 0.6 is 0 Å². The second-order valence-corrected chi connectivity index (χ2v) is 7.70. The van der Waals surface area contributed by atoms with Gasteiger partial charge in [-0.15, -0.1) is 0 Å². The van der Waals surface area contributed by atoms with E-state index in [0.717, 1.165) is 16.7 Å². The zero-order valence-electron chi connectivity index (χ0n) is 14.0. The summed E-state index contributed by atoms with van der Waals surface area (Å²) in [6, 6.07) is 8.59. The number of hydrogen-bond acceptors (Lipinski definition) is 4. The van der Waals surface area contributed by atoms with Crippen LogP contribution in [0, 0.1) is 6.92 Å². The molecule has 128 valence electrons. The van der Waals surface area contributed by atoms with Crippen LogP contribution in [0.2, 0.25) is 0 Å². The van der Waals surface area contributed by atoms with Crippen molar-refractivity contribution in [1.82, 2.24) is 24.3 Å². The van der Waals surface area contributed by atoms with E-state index in [4.69, 9.17) is 0 Å². The lowest BCUT2D eigenvalue weighted by Crippen LogP contribution is -2.27. The monoisotopic (exact) mass is 347 g/mol. The first-order valence-corrected chi connectivity index (χ1v) is 9.34. The molecule has 24 heavy (non-hydrogen) atoms. The lowest BCUT2D eigenvalue weighted by atomic mass is 10.3. The maximum Gasteiger partial charge on any atom is 0.240 e. The normalized spacial score (nSPS) is 12.3. The van der Waals surface area contributed by atoms with Crippen molar-refractivity contribution in [1.29, 1.82) is 0 Å². The molecule has 0 aliphatic rings. The number of aromatic nitrogens is 4. The molecule has 3 rings (SSSR count). The second-order valence-electron chi connectivity index (χ2n) is 5.94. The fourth-order valence-electron chi connectivity index (χ4n) is 2.71. The second kappa shape index (κ2) is 6.37. The summed E-state index contributed by atoms with van der Waals surface area (Å²) in [7, 11) is -3.50. The Morgan fingerprint density at radius 1 is 1.21 bits per heavy atom. The SMILES string of the molecule is Cc1nn(C(C)C)c2cnn(CCNS(=O)(=O)c3ccccc3)c12. The minimum absolute atomic E-state index is 0.246. The highest BCUT2D eigenvalue weighted by molar-refractivity contribution is 7.89. The number of aryl methyl sites for hydroxylation is 1. The Morgan fingerprint density at radius 2 is 1.92 bits per heavy atom. The van der Waals surface area contributed by atoms with Crippen LogP contribution < -0.4 is 4.72 Å². The maximum absolute atomic E-state index is 12.2. The molecule has 7 nitrogen and oxygen atoms in total. The predicted octanol–water partition coefficient (Wildman–Crippen LogP) is 2.10. The van der Waals surface area contributed by atoms with Gasteiger partial charge in [-0.25, -0.2) is 13.1 Å². The molecule has 0 spiro atoms. The largest absolute Gasteiger partial charge is 0.260 e. The molecular formula is C16H21N5O2S. The Labute approximate surface area is 141 Å². The highest BCUT2D eigenvalue weighted by Gasteiger charge is 2.16. The average Bonchev–Trinajstić information content (AvgIpc) is 3.10. The van der Waals surface area contributed by atoms with Gasteiger partial charge in [-0.05, 0) is 32.9 Å². The summed E-state index contributed by atoms with van der Waals surface area (Å²) in [5.74, 6) is 0. The van der Waals surface area contributed by atoms with E-state index in [1.807, 2.05) is 11.6 Å². The summed E-state index contributed by atoms with van der Waals surface area (Å²) in [5.41, 5.74) is 2.80. The minimum Gasteiger partial charge on any atom is -0.260 e. The molecule has 0 fully saturated rings. The predicted molar refractivity (Wildman–Crippen MR) is 92.3 cm³/mol. The van der Waals surface area contributed by atoms with Crippen molar-refractivity contribution < 1.29 is 8.42 Å². The van der Waals surface area contributed by atoms with Gasteiger partial charge in [0.2, 0.25) is 10.0 Å². The molecule has 2 heterocycles. The summed E-state index contributed by atoms with van der Waals surface area (Å²) in [6.45, 7) is 6.78. The van der Waals surface area contributed by atoms with Crippen molar-refractivity contribution in [2.24, 2.45) is 0 Å². The Balaban J connectivity index is 1.75. The average molecular weight is 347 g/mol. The summed E-state index contributed by atoms with van der Waals surface area (Å²) >= 11 is 0. The molecule has 1 N–H and O–H groups in total. The topological polar surface area (TPSA) is 81.8 Å². The Kier molecular flexibility index (Phi) is 4.42. The van der Waals surface area contributed by atoms with Crippen LogP contribution in [-0.4, -0.2) is 34.5 Å². The molecule has 0 aliphatic carbocycles. The van der Waals surface area contributed by atoms with Crippen LogP contribution in [0.4, 0.5) is 0 Å². The van der Waals surface area contributed by atoms with Gasteiger partial charge < -0.3 is 0 Å². The molecule has 0 atom stereocenters. The van der Waals surface area contributed by atoms with Crippen molar-refractivity contribution in [2.75, 3.05) is 6.54 Å². The van der Waals surface area contributed by atoms with Gasteiger partial charge in [0.25, 0.3) is 0 Å². The van der Waals surface area contributed by atoms with E-state index >= 15 is 0 Å². The number of sulfonamides is 1. The maximum atomic E-state index is 12.2. The molecular weight excluding hydrogens is 326 g/mol. The van der Waals surface area contributed by atoms with Crippen LogP contribution in [-0.2, 0) is 16.6 Å². The molecule has 0 saturated carbocycles. The molecule has 0 bridgehead atoms. The van der Waals surface area contributed by atoms with E-state index in [0.29, 0.717) is 6.54 Å². The first-order chi connectivity index (χ1) is 11.4. The van der Waals surface area contributed by atoms with Gasteiger partial charge in [-0.3, -0.25) is 9.36 Å². The molecule has 0 aliphatic heterocycles. The number of nitrogens with one attached hydrogen (secondary N) is 1. The number of benzene rings is 1. The number of rotatable bonds is 6. The van der Waals surface area contributed by atoms with E-state index in [1.54, 1.807) is 41.2 Å². The summed E-state index contributed by atoms with van der Waals surface area (Å²) in [6.07, 6.45) is 1.78. The quantitative estimate of drug-likeness (QED) is 0.740. The van der Waals surface area contributed by atoms with E-state index in [2.05, 4.69) is 28.8 Å². The van der Waals surface area contributed by atoms with Crippen molar-refractivity contribution in [3.05, 3.63) is 42.2 Å². The fraction of sp³-hybridized carbons (Fsp3) is 0.375. The number of hydrogen-bond donors (Lipinski definition) is 1. The molecule has 8 heteroatoms. The third-order valence-corrected chi connectivity index (χ3v) is 5.30. The molecule has 0 unspecified atom stereocenters. The summed E-state index contributed by atoms with van der Waals surface area (Å²) in [4.78, 5) is 0.263. The van der Waals surface area contributed by atoms with Crippen LogP contribution in [0.3, 0.4) is 0 Å². The van der Waals surface area contributed by atoms with Crippen molar-refractivity contribution >= 4 is 21.1 Å². The van der Waals surface area contributed by atoms with Crippen molar-refractivity contribution in [3.63, 3.8) is 0 Å². The van der Waals surface area contributed by atoms with E-state index in [1.165, 1.54) is 0 Å². The molecule has 0 saturated heterocycles. The van der Waals surface area contributed by atoms with Gasteiger partial charge in [-0.1, -0.05) is 18.2 Å². The molecule has 0 radical (unpaired) electrons. The van der Waals surface area contributed by atoms with Gasteiger partial charge in [0.05, 0.1) is 23.3 Å². The lowest BCUT2D eigenvalue weighted by Gasteiger charge is -2.07. The van der Waals surface area contributed by atoms with E-state index in [-0.39, 0.29) is 17.5 Å². The van der Waals surface area contributed by atoms with Crippen molar-refractivity contribution in [3.8, 4) is 0 Å². The lowest BCUT2D eigenvalue weighted by molar-refractivity contribution is 0.545. The summed E-state index contributed by atoms with van der Waals surface area (Å²) in [5, 5.41) is 8.90. The van der Waals surface area contributed by atoms with Crippen LogP contribution in [0.1, 0.15) is 25.6 Å². The van der Waals surface area contributed by atoms with E-state index in [9.17, 15) is 8.42 Å². The smallest absolute Gasteiger partial charge is 0.240 e. The summed E-state index contributed by atoms with van der Waals surface area (Å²) < 4.78 is 30.8. The third kappa shape index (κ3) is 3.07. The van der Waals surface area contributed by atoms with Crippen LogP contribution in [0.25, 0.3) is 11.0 Å². The van der Waals surface area contributed by atoms with Gasteiger partial charge in [-0.2, -0.15) is 10.2 Å². The molecule has 2 aromatic heterocycles. The van der Waals surface area contributed by atoms with E-state index < -0.39 is 10.0 Å². The Bertz CT molecular complexity index is 942. The van der Waals surface area contributed by atoms with Gasteiger partial charge >= 0.3 is 0 Å². The molecule has 0 amide bonds. The standard InChI is InChI=1S/C16H21N5O2S/c1-12(2)21-15-11-17-20(16(15)13(3)19-21)10-9-18-24(22,23)14-7-5-4-6-8-14/h4-8,11-12,18H,9-10H2,1-3H3. The van der Waals surface area contributed by atoms with Crippen molar-refractivity contribution in [2.45, 2.75) is 38.3 Å².